The van der Waals surface area contributed by atoms with Gasteiger partial charge in [-0.25, -0.2) is 0 Å². The van der Waals surface area contributed by atoms with E-state index in [0.717, 1.165) is 0 Å². The molecule has 0 bridgehead atoms. The van der Waals surface area contributed by atoms with Gasteiger partial charge in [-0.1, -0.05) is 0 Å². The lowest BCUT2D eigenvalue weighted by Crippen LogP contribution is -2.00. The zero-order chi connectivity index (χ0) is 14.3. The van der Waals surface area contributed by atoms with Gasteiger partial charge in [0.15, 0.2) is 6.29 Å². The fourth-order valence-electron chi connectivity index (χ4n) is 1.44. The summed E-state index contributed by atoms with van der Waals surface area (Å²) in [6.45, 7) is 0.347. The predicted octanol–water partition coefficient (Wildman–Crippen LogP) is 2.72. The van der Waals surface area contributed by atoms with Crippen molar-refractivity contribution < 1.29 is 19.2 Å². The number of ether oxygens (including phenoxy) is 1. The second-order valence-electron chi connectivity index (χ2n) is 3.76. The van der Waals surface area contributed by atoms with Crippen molar-refractivity contribution in [1.29, 1.82) is 0 Å². The van der Waals surface area contributed by atoms with Crippen molar-refractivity contribution in [1.82, 2.24) is 0 Å². The summed E-state index contributed by atoms with van der Waals surface area (Å²) in [4.78, 5) is 31.2. The van der Waals surface area contributed by atoms with Gasteiger partial charge in [0, 0.05) is 12.5 Å². The molecule has 6 nitrogen and oxygen atoms in total. The van der Waals surface area contributed by atoms with E-state index in [9.17, 15) is 19.7 Å². The van der Waals surface area contributed by atoms with E-state index in [1.807, 2.05) is 0 Å². The third-order valence-electron chi connectivity index (χ3n) is 2.36. The first-order valence-corrected chi connectivity index (χ1v) is 5.97. The fourth-order valence-corrected chi connectivity index (χ4v) is 1.57. The lowest BCUT2D eigenvalue weighted by Gasteiger charge is -2.06. The van der Waals surface area contributed by atoms with Crippen LogP contribution >= 0.6 is 11.6 Å². The lowest BCUT2D eigenvalue weighted by molar-refractivity contribution is -0.385. The molecule has 1 aromatic rings. The summed E-state index contributed by atoms with van der Waals surface area (Å²) in [6.07, 6.45) is 1.93. The van der Waals surface area contributed by atoms with Gasteiger partial charge in [-0.15, -0.1) is 0 Å². The van der Waals surface area contributed by atoms with Crippen LogP contribution in [0.4, 0.5) is 5.69 Å². The molecular weight excluding hydrogens is 274 g/mol. The molecular formula is C12H12ClNO5. The molecule has 0 N–H and O–H groups in total. The Labute approximate surface area is 114 Å². The number of nitro benzene ring substituents is 1. The van der Waals surface area contributed by atoms with Gasteiger partial charge in [-0.05, 0) is 36.6 Å². The van der Waals surface area contributed by atoms with Crippen LogP contribution in [0, 0.1) is 10.1 Å². The van der Waals surface area contributed by atoms with Crippen molar-refractivity contribution in [2.45, 2.75) is 19.3 Å². The highest BCUT2D eigenvalue weighted by atomic mass is 35.5. The second kappa shape index (κ2) is 7.48. The Hall–Kier alpha value is -1.95. The van der Waals surface area contributed by atoms with Gasteiger partial charge in [-0.2, -0.15) is 0 Å². The maximum Gasteiger partial charge on any atom is 0.280 e. The summed E-state index contributed by atoms with van der Waals surface area (Å²) in [7, 11) is 0. The molecule has 0 aliphatic carbocycles. The Bertz CT molecular complexity index is 489. The number of unbranched alkanes of at least 4 members (excludes halogenated alkanes) is 1. The highest BCUT2D eigenvalue weighted by Gasteiger charge is 2.13. The van der Waals surface area contributed by atoms with Gasteiger partial charge in [0.2, 0.25) is 5.24 Å². The maximum atomic E-state index is 10.7. The van der Waals surface area contributed by atoms with Gasteiger partial charge >= 0.3 is 0 Å². The van der Waals surface area contributed by atoms with Crippen LogP contribution in [0.25, 0.3) is 0 Å². The smallest absolute Gasteiger partial charge is 0.280 e. The van der Waals surface area contributed by atoms with Crippen molar-refractivity contribution in [3.63, 3.8) is 0 Å². The number of carbonyl (C=O) groups excluding carboxylic acids is 2. The number of rotatable bonds is 8. The van der Waals surface area contributed by atoms with Crippen molar-refractivity contribution >= 4 is 28.8 Å². The number of hydrogen-bond donors (Lipinski definition) is 0. The van der Waals surface area contributed by atoms with Gasteiger partial charge in [0.1, 0.15) is 5.75 Å². The standard InChI is InChI=1S/C12H12ClNO5/c13-12(16)3-1-2-6-19-10-4-5-11(14(17)18)9(7-10)8-15/h4-5,7-8H,1-3,6H2. The van der Waals surface area contributed by atoms with Crippen molar-refractivity contribution in [3.05, 3.63) is 33.9 Å². The molecule has 0 saturated carbocycles. The molecule has 0 saturated heterocycles. The highest BCUT2D eigenvalue weighted by Crippen LogP contribution is 2.22. The van der Waals surface area contributed by atoms with Crippen LogP contribution in [-0.4, -0.2) is 23.1 Å². The Kier molecular flexibility index (Phi) is 5.95. The molecule has 0 unspecified atom stereocenters. The van der Waals surface area contributed by atoms with Crippen LogP contribution < -0.4 is 4.74 Å². The van der Waals surface area contributed by atoms with Gasteiger partial charge in [0.05, 0.1) is 17.1 Å². The van der Waals surface area contributed by atoms with Crippen LogP contribution in [-0.2, 0) is 4.79 Å². The minimum atomic E-state index is -0.625. The summed E-state index contributed by atoms with van der Waals surface area (Å²) in [5, 5.41) is 10.2. The van der Waals surface area contributed by atoms with Crippen molar-refractivity contribution in [3.8, 4) is 5.75 Å². The van der Waals surface area contributed by atoms with Crippen LogP contribution in [0.3, 0.4) is 0 Å². The number of nitro groups is 1. The van der Waals surface area contributed by atoms with E-state index in [2.05, 4.69) is 0 Å². The lowest BCUT2D eigenvalue weighted by atomic mass is 10.2. The summed E-state index contributed by atoms with van der Waals surface area (Å²) in [6, 6.07) is 3.97. The summed E-state index contributed by atoms with van der Waals surface area (Å²) in [5.74, 6) is 0.380. The monoisotopic (exact) mass is 285 g/mol. The number of nitrogens with zero attached hydrogens (tertiary/aromatic N) is 1. The normalized spacial score (nSPS) is 9.95. The average molecular weight is 286 g/mol. The van der Waals surface area contributed by atoms with Crippen molar-refractivity contribution in [2.75, 3.05) is 6.61 Å². The molecule has 1 aromatic carbocycles. The van der Waals surface area contributed by atoms with Gasteiger partial charge in [-0.3, -0.25) is 19.7 Å². The van der Waals surface area contributed by atoms with E-state index in [4.69, 9.17) is 16.3 Å². The molecule has 7 heteroatoms. The zero-order valence-corrected chi connectivity index (χ0v) is 10.8. The quantitative estimate of drug-likeness (QED) is 0.241. The van der Waals surface area contributed by atoms with Crippen LogP contribution in [0.15, 0.2) is 18.2 Å². The van der Waals surface area contributed by atoms with Crippen LogP contribution in [0.5, 0.6) is 5.75 Å². The number of carbonyl (C=O) groups is 2. The number of hydrogen-bond acceptors (Lipinski definition) is 5. The third-order valence-corrected chi connectivity index (χ3v) is 2.55. The largest absolute Gasteiger partial charge is 0.494 e. The van der Waals surface area contributed by atoms with E-state index < -0.39 is 10.2 Å². The predicted molar refractivity (Wildman–Crippen MR) is 68.7 cm³/mol. The molecule has 102 valence electrons. The van der Waals surface area contributed by atoms with E-state index in [1.165, 1.54) is 18.2 Å². The zero-order valence-electron chi connectivity index (χ0n) is 10.0. The molecule has 0 atom stereocenters. The number of halogens is 1. The van der Waals surface area contributed by atoms with Crippen LogP contribution in [0.1, 0.15) is 29.6 Å². The molecule has 1 rings (SSSR count). The number of aldehydes is 1. The summed E-state index contributed by atoms with van der Waals surface area (Å²) >= 11 is 5.18. The molecule has 0 fully saturated rings. The van der Waals surface area contributed by atoms with E-state index in [-0.39, 0.29) is 17.7 Å². The topological polar surface area (TPSA) is 86.5 Å². The van der Waals surface area contributed by atoms with E-state index in [1.54, 1.807) is 0 Å². The molecule has 0 aliphatic heterocycles. The number of benzene rings is 1. The minimum Gasteiger partial charge on any atom is -0.494 e. The maximum absolute atomic E-state index is 10.7. The third kappa shape index (κ3) is 5.05. The summed E-state index contributed by atoms with van der Waals surface area (Å²) < 4.78 is 5.33. The highest BCUT2D eigenvalue weighted by molar-refractivity contribution is 6.63. The minimum absolute atomic E-state index is 0.0292. The molecule has 0 radical (unpaired) electrons. The molecule has 0 aliphatic rings. The summed E-state index contributed by atoms with van der Waals surface area (Å²) in [5.41, 5.74) is -0.284. The average Bonchev–Trinajstić information content (AvgIpc) is 2.37. The van der Waals surface area contributed by atoms with Crippen LogP contribution in [0.2, 0.25) is 0 Å². The first-order chi connectivity index (χ1) is 9.04. The Morgan fingerprint density at radius 1 is 1.42 bits per heavy atom. The molecule has 0 heterocycles. The van der Waals surface area contributed by atoms with Gasteiger partial charge < -0.3 is 4.74 Å². The second-order valence-corrected chi connectivity index (χ2v) is 4.18. The van der Waals surface area contributed by atoms with E-state index >= 15 is 0 Å². The first kappa shape index (κ1) is 15.1. The van der Waals surface area contributed by atoms with Crippen molar-refractivity contribution in [2.24, 2.45) is 0 Å². The first-order valence-electron chi connectivity index (χ1n) is 5.59. The molecule has 0 spiro atoms. The van der Waals surface area contributed by atoms with Gasteiger partial charge in [0.25, 0.3) is 5.69 Å². The Morgan fingerprint density at radius 2 is 2.16 bits per heavy atom. The van der Waals surface area contributed by atoms with E-state index in [0.29, 0.717) is 31.5 Å². The molecule has 19 heavy (non-hydrogen) atoms. The SMILES string of the molecule is O=Cc1cc(OCCCCC(=O)Cl)ccc1[N+](=O)[O-]. The molecule has 0 amide bonds. The molecule has 0 aromatic heterocycles. The fraction of sp³-hybridized carbons (Fsp3) is 0.333. The Balaban J connectivity index is 2.53. The Morgan fingerprint density at radius 3 is 2.74 bits per heavy atom.